The Kier molecular flexibility index (Phi) is 2.57. The first kappa shape index (κ1) is 11.9. The third-order valence-electron chi connectivity index (χ3n) is 3.58. The molecule has 0 aliphatic carbocycles. The zero-order valence-electron chi connectivity index (χ0n) is 11.1. The Morgan fingerprint density at radius 3 is 2.43 bits per heavy atom. The Balaban J connectivity index is 1.90. The zero-order chi connectivity index (χ0) is 14.2. The first-order valence-electron chi connectivity index (χ1n) is 6.69. The Morgan fingerprint density at radius 2 is 1.57 bits per heavy atom. The molecule has 0 atom stereocenters. The fourth-order valence-electron chi connectivity index (χ4n) is 2.54. The molecule has 100 valence electrons. The average molecular weight is 273 g/mol. The van der Waals surface area contributed by atoms with Gasteiger partial charge in [-0.25, -0.2) is 0 Å². The van der Waals surface area contributed by atoms with Gasteiger partial charge in [-0.3, -0.25) is 9.78 Å². The molecule has 0 N–H and O–H groups in total. The monoisotopic (exact) mass is 273 g/mol. The summed E-state index contributed by atoms with van der Waals surface area (Å²) in [5, 5.41) is 1.99. The average Bonchev–Trinajstić information content (AvgIpc) is 2.93. The van der Waals surface area contributed by atoms with E-state index < -0.39 is 0 Å². The lowest BCUT2D eigenvalue weighted by atomic mass is 10.0. The molecule has 0 bridgehead atoms. The summed E-state index contributed by atoms with van der Waals surface area (Å²) in [4.78, 5) is 16.4. The molecular weight excluding hydrogens is 262 g/mol. The van der Waals surface area contributed by atoms with Crippen molar-refractivity contribution in [2.75, 3.05) is 0 Å². The van der Waals surface area contributed by atoms with Gasteiger partial charge in [-0.15, -0.1) is 0 Å². The fourth-order valence-corrected chi connectivity index (χ4v) is 2.54. The van der Waals surface area contributed by atoms with E-state index in [0.717, 1.165) is 21.9 Å². The summed E-state index contributed by atoms with van der Waals surface area (Å²) >= 11 is 0. The normalized spacial score (nSPS) is 11.0. The second-order valence-electron chi connectivity index (χ2n) is 4.87. The first-order chi connectivity index (χ1) is 10.3. The van der Waals surface area contributed by atoms with Gasteiger partial charge in [-0.05, 0) is 36.4 Å². The number of furan rings is 1. The maximum Gasteiger partial charge on any atom is 0.193 e. The van der Waals surface area contributed by atoms with Crippen molar-refractivity contribution < 1.29 is 9.21 Å². The van der Waals surface area contributed by atoms with Crippen molar-refractivity contribution in [2.45, 2.75) is 0 Å². The lowest BCUT2D eigenvalue weighted by Gasteiger charge is -2.00. The van der Waals surface area contributed by atoms with Crippen molar-refractivity contribution in [3.05, 3.63) is 78.1 Å². The van der Waals surface area contributed by atoms with Crippen molar-refractivity contribution in [1.29, 1.82) is 0 Å². The third kappa shape index (κ3) is 1.91. The van der Waals surface area contributed by atoms with Crippen LogP contribution in [-0.4, -0.2) is 10.8 Å². The van der Waals surface area contributed by atoms with Gasteiger partial charge in [0.1, 0.15) is 11.2 Å². The molecule has 0 aliphatic rings. The van der Waals surface area contributed by atoms with E-state index in [9.17, 15) is 4.79 Å². The van der Waals surface area contributed by atoms with Crippen molar-refractivity contribution in [1.82, 2.24) is 4.98 Å². The van der Waals surface area contributed by atoms with Gasteiger partial charge in [0.2, 0.25) is 0 Å². The number of hydrogen-bond donors (Lipinski definition) is 0. The molecule has 0 unspecified atom stereocenters. The molecule has 0 amide bonds. The Bertz CT molecular complexity index is 955. The fraction of sp³-hybridized carbons (Fsp3) is 0. The third-order valence-corrected chi connectivity index (χ3v) is 3.58. The van der Waals surface area contributed by atoms with Gasteiger partial charge in [0.05, 0.1) is 0 Å². The summed E-state index contributed by atoms with van der Waals surface area (Å²) in [5.41, 5.74) is 2.92. The van der Waals surface area contributed by atoms with Gasteiger partial charge in [0, 0.05) is 34.3 Å². The Morgan fingerprint density at radius 1 is 0.810 bits per heavy atom. The van der Waals surface area contributed by atoms with E-state index in [1.165, 1.54) is 0 Å². The molecule has 0 spiro atoms. The number of nitrogens with zero attached hydrogens (tertiary/aromatic N) is 1. The molecule has 4 aromatic rings. The quantitative estimate of drug-likeness (QED) is 0.514. The minimum absolute atomic E-state index is 0.00965. The number of hydrogen-bond acceptors (Lipinski definition) is 3. The first-order valence-corrected chi connectivity index (χ1v) is 6.69. The number of benzene rings is 2. The van der Waals surface area contributed by atoms with E-state index in [1.807, 2.05) is 36.4 Å². The second-order valence-corrected chi connectivity index (χ2v) is 4.87. The summed E-state index contributed by atoms with van der Waals surface area (Å²) in [6, 6.07) is 16.8. The van der Waals surface area contributed by atoms with Crippen LogP contribution in [0, 0.1) is 0 Å². The van der Waals surface area contributed by atoms with Crippen LogP contribution in [0.3, 0.4) is 0 Å². The van der Waals surface area contributed by atoms with Crippen LogP contribution in [0.1, 0.15) is 15.9 Å². The number of pyridine rings is 1. The van der Waals surface area contributed by atoms with Crippen molar-refractivity contribution in [3.63, 3.8) is 0 Å². The van der Waals surface area contributed by atoms with Crippen LogP contribution in [0.15, 0.2) is 71.4 Å². The maximum atomic E-state index is 12.5. The molecule has 21 heavy (non-hydrogen) atoms. The number of aromatic nitrogens is 1. The van der Waals surface area contributed by atoms with Gasteiger partial charge < -0.3 is 4.42 Å². The predicted molar refractivity (Wildman–Crippen MR) is 81.4 cm³/mol. The topological polar surface area (TPSA) is 43.1 Å². The summed E-state index contributed by atoms with van der Waals surface area (Å²) in [5.74, 6) is -0.00965. The van der Waals surface area contributed by atoms with Crippen LogP contribution in [0.2, 0.25) is 0 Å². The highest BCUT2D eigenvalue weighted by molar-refractivity contribution is 6.13. The molecular formula is C18H11NO2. The van der Waals surface area contributed by atoms with Crippen LogP contribution in [0.5, 0.6) is 0 Å². The number of rotatable bonds is 2. The molecule has 0 aliphatic heterocycles. The molecule has 3 nitrogen and oxygen atoms in total. The standard InChI is InChI=1S/C18H11NO2/c20-18(12-7-9-19-10-8-12)13-5-6-17-15(11-13)14-3-1-2-4-16(14)21-17/h1-11H. The molecule has 0 saturated carbocycles. The van der Waals surface area contributed by atoms with Crippen molar-refractivity contribution in [2.24, 2.45) is 0 Å². The maximum absolute atomic E-state index is 12.5. The van der Waals surface area contributed by atoms with Gasteiger partial charge in [-0.1, -0.05) is 18.2 Å². The van der Waals surface area contributed by atoms with Crippen LogP contribution in [0.25, 0.3) is 21.9 Å². The van der Waals surface area contributed by atoms with E-state index in [1.54, 1.807) is 30.6 Å². The highest BCUT2D eigenvalue weighted by atomic mass is 16.3. The highest BCUT2D eigenvalue weighted by Gasteiger charge is 2.12. The molecule has 2 heterocycles. The van der Waals surface area contributed by atoms with Crippen molar-refractivity contribution in [3.8, 4) is 0 Å². The molecule has 2 aromatic carbocycles. The molecule has 3 heteroatoms. The van der Waals surface area contributed by atoms with Crippen molar-refractivity contribution >= 4 is 27.7 Å². The second kappa shape index (κ2) is 4.56. The van der Waals surface area contributed by atoms with Gasteiger partial charge in [-0.2, -0.15) is 0 Å². The smallest absolute Gasteiger partial charge is 0.193 e. The lowest BCUT2D eigenvalue weighted by Crippen LogP contribution is -2.00. The lowest BCUT2D eigenvalue weighted by molar-refractivity contribution is 0.103. The van der Waals surface area contributed by atoms with Gasteiger partial charge in [0.25, 0.3) is 0 Å². The largest absolute Gasteiger partial charge is 0.456 e. The molecule has 0 radical (unpaired) electrons. The predicted octanol–water partition coefficient (Wildman–Crippen LogP) is 4.21. The van der Waals surface area contributed by atoms with E-state index in [4.69, 9.17) is 4.42 Å². The summed E-state index contributed by atoms with van der Waals surface area (Å²) < 4.78 is 5.77. The van der Waals surface area contributed by atoms with E-state index >= 15 is 0 Å². The van der Waals surface area contributed by atoms with Gasteiger partial charge >= 0.3 is 0 Å². The number of ketones is 1. The number of carbonyl (C=O) groups is 1. The number of carbonyl (C=O) groups excluding carboxylic acids is 1. The summed E-state index contributed by atoms with van der Waals surface area (Å²) in [6.45, 7) is 0. The van der Waals surface area contributed by atoms with Crippen LogP contribution in [-0.2, 0) is 0 Å². The molecule has 0 saturated heterocycles. The van der Waals surface area contributed by atoms with E-state index in [2.05, 4.69) is 4.98 Å². The molecule has 2 aromatic heterocycles. The summed E-state index contributed by atoms with van der Waals surface area (Å²) in [6.07, 6.45) is 3.25. The number of fused-ring (bicyclic) bond motifs is 3. The SMILES string of the molecule is O=C(c1ccncc1)c1ccc2oc3ccccc3c2c1. The number of para-hydroxylation sites is 1. The van der Waals surface area contributed by atoms with Gasteiger partial charge in [0.15, 0.2) is 5.78 Å². The van der Waals surface area contributed by atoms with Crippen LogP contribution >= 0.6 is 0 Å². The Hall–Kier alpha value is -2.94. The van der Waals surface area contributed by atoms with Crippen LogP contribution in [0.4, 0.5) is 0 Å². The van der Waals surface area contributed by atoms with E-state index in [-0.39, 0.29) is 5.78 Å². The van der Waals surface area contributed by atoms with Crippen LogP contribution < -0.4 is 0 Å². The molecule has 0 fully saturated rings. The highest BCUT2D eigenvalue weighted by Crippen LogP contribution is 2.29. The Labute approximate surface area is 120 Å². The minimum atomic E-state index is -0.00965. The summed E-state index contributed by atoms with van der Waals surface area (Å²) in [7, 11) is 0. The molecule has 4 rings (SSSR count). The van der Waals surface area contributed by atoms with E-state index in [0.29, 0.717) is 11.1 Å². The zero-order valence-corrected chi connectivity index (χ0v) is 11.1. The minimum Gasteiger partial charge on any atom is -0.456 e.